The number of nitrogens with zero attached hydrogens (tertiary/aromatic N) is 2. The van der Waals surface area contributed by atoms with Crippen LogP contribution in [0.3, 0.4) is 0 Å². The molecule has 0 saturated carbocycles. The molecule has 0 unspecified atom stereocenters. The molecule has 0 radical (unpaired) electrons. The normalized spacial score (nSPS) is 12.8. The number of hydrogen-bond donors (Lipinski definition) is 2. The minimum absolute atomic E-state index is 0. The molecule has 5 nitrogen and oxygen atoms in total. The smallest absolute Gasteiger partial charge is 0.231 e. The van der Waals surface area contributed by atoms with Crippen molar-refractivity contribution in [3.8, 4) is 78.0 Å². The fourth-order valence-corrected chi connectivity index (χ4v) is 9.95. The molecule has 0 aliphatic heterocycles. The molecular formula is C54H38N2O3SZn. The minimum atomic E-state index is -0.0330. The number of phenols is 2. The Morgan fingerprint density at radius 1 is 0.492 bits per heavy atom. The third-order valence-corrected chi connectivity index (χ3v) is 13.2. The fourth-order valence-electron chi connectivity index (χ4n) is 8.96. The Balaban J connectivity index is 0.000000144. The van der Waals surface area contributed by atoms with Crippen molar-refractivity contribution in [2.24, 2.45) is 0 Å². The number of rotatable bonds is 4. The second kappa shape index (κ2) is 15.1. The van der Waals surface area contributed by atoms with Gasteiger partial charge in [-0.25, -0.2) is 9.97 Å². The zero-order chi connectivity index (χ0) is 40.5. The fraction of sp³-hybridized carbons (Fsp3) is 0.0741. The summed E-state index contributed by atoms with van der Waals surface area (Å²) < 4.78 is 7.00. The second-order valence-electron chi connectivity index (χ2n) is 16.1. The molecule has 2 N–H and O–H groups in total. The predicted octanol–water partition coefficient (Wildman–Crippen LogP) is 14.1. The maximum absolute atomic E-state index is 10.6. The SMILES string of the molecule is CC1(C)c2ccccc2-c2ccc(-c3ccc(O)c(-c4nc5ccccc5s4)c3)cc21.Oc1ccc(-c2ccc3c(c2)Cc2ccccc2-3)cc1-c1nc2ccccc2o1.[Zn]. The van der Waals surface area contributed by atoms with Crippen LogP contribution in [-0.2, 0) is 31.3 Å². The van der Waals surface area contributed by atoms with Gasteiger partial charge in [-0.2, -0.15) is 0 Å². The standard InChI is InChI=1S/C28H21NOS.C26H17NO2.Zn/c1-28(2)22-8-4-3-7-19(22)20-13-11-18(16-23(20)28)17-12-14-25(30)21(15-17)27-29-24-9-5-6-10-26(24)31-27;28-24-12-10-17(15-22(24)26-27-23-7-3-4-8-25(23)29-26)16-9-11-21-19(13-16)14-18-5-1-2-6-20(18)21;/h3-16,30H,1-2H3;1-13,15,28H,14H2;. The van der Waals surface area contributed by atoms with E-state index in [0.29, 0.717) is 17.0 Å². The van der Waals surface area contributed by atoms with Gasteiger partial charge in [-0.3, -0.25) is 0 Å². The number of oxazole rings is 1. The summed E-state index contributed by atoms with van der Waals surface area (Å²) >= 11 is 1.61. The summed E-state index contributed by atoms with van der Waals surface area (Å²) in [5, 5.41) is 21.9. The van der Waals surface area contributed by atoms with E-state index in [1.807, 2.05) is 60.7 Å². The van der Waals surface area contributed by atoms with Gasteiger partial charge in [-0.05, 0) is 128 Å². The third-order valence-electron chi connectivity index (χ3n) is 12.1. The van der Waals surface area contributed by atoms with E-state index in [-0.39, 0.29) is 36.4 Å². The summed E-state index contributed by atoms with van der Waals surface area (Å²) in [7, 11) is 0. The number of thiazole rings is 1. The molecule has 7 heteroatoms. The van der Waals surface area contributed by atoms with Gasteiger partial charge >= 0.3 is 0 Å². The van der Waals surface area contributed by atoms with Gasteiger partial charge in [0.2, 0.25) is 5.89 Å². The van der Waals surface area contributed by atoms with Crippen LogP contribution in [0.15, 0.2) is 174 Å². The zero-order valence-corrected chi connectivity index (χ0v) is 37.5. The van der Waals surface area contributed by atoms with Crippen LogP contribution in [0.2, 0.25) is 0 Å². The molecule has 12 rings (SSSR count). The topological polar surface area (TPSA) is 79.4 Å². The average Bonchev–Trinajstić information content (AvgIpc) is 4.05. The Morgan fingerprint density at radius 3 is 1.85 bits per heavy atom. The molecule has 8 aromatic carbocycles. The number of phenolic OH excluding ortho intramolecular Hbond substituents is 2. The van der Waals surface area contributed by atoms with Crippen molar-refractivity contribution in [1.29, 1.82) is 0 Å². The Kier molecular flexibility index (Phi) is 9.55. The van der Waals surface area contributed by atoms with Crippen LogP contribution >= 0.6 is 11.3 Å². The molecule has 2 aromatic heterocycles. The Bertz CT molecular complexity index is 3260. The zero-order valence-electron chi connectivity index (χ0n) is 33.7. The van der Waals surface area contributed by atoms with E-state index in [2.05, 4.69) is 116 Å². The molecule has 0 bridgehead atoms. The van der Waals surface area contributed by atoms with Crippen molar-refractivity contribution in [3.63, 3.8) is 0 Å². The molecule has 61 heavy (non-hydrogen) atoms. The van der Waals surface area contributed by atoms with Crippen LogP contribution in [0.25, 0.3) is 87.8 Å². The molecule has 0 spiro atoms. The van der Waals surface area contributed by atoms with Gasteiger partial charge in [0.1, 0.15) is 22.0 Å². The van der Waals surface area contributed by atoms with Crippen LogP contribution in [0.1, 0.15) is 36.1 Å². The van der Waals surface area contributed by atoms with Crippen molar-refractivity contribution in [2.75, 3.05) is 0 Å². The van der Waals surface area contributed by atoms with Gasteiger partial charge in [0.25, 0.3) is 0 Å². The van der Waals surface area contributed by atoms with Gasteiger partial charge in [0, 0.05) is 24.9 Å². The van der Waals surface area contributed by atoms with Gasteiger partial charge in [0.05, 0.1) is 21.3 Å². The molecule has 0 amide bonds. The predicted molar refractivity (Wildman–Crippen MR) is 245 cm³/mol. The molecule has 290 valence electrons. The van der Waals surface area contributed by atoms with Gasteiger partial charge < -0.3 is 14.6 Å². The summed E-state index contributed by atoms with van der Waals surface area (Å²) in [5.41, 5.74) is 18.9. The van der Waals surface area contributed by atoms with Crippen molar-refractivity contribution < 1.29 is 34.1 Å². The molecule has 2 heterocycles. The van der Waals surface area contributed by atoms with E-state index in [1.54, 1.807) is 23.5 Å². The van der Waals surface area contributed by atoms with Crippen molar-refractivity contribution in [3.05, 3.63) is 192 Å². The first-order valence-electron chi connectivity index (χ1n) is 20.1. The molecule has 10 aromatic rings. The molecule has 2 aliphatic rings. The molecule has 2 aliphatic carbocycles. The van der Waals surface area contributed by atoms with E-state index >= 15 is 0 Å². The first kappa shape index (κ1) is 38.5. The number of aromatic hydroxyl groups is 2. The van der Waals surface area contributed by atoms with E-state index in [0.717, 1.165) is 55.0 Å². The summed E-state index contributed by atoms with van der Waals surface area (Å²) in [6, 6.07) is 57.7. The van der Waals surface area contributed by atoms with E-state index in [4.69, 9.17) is 9.40 Å². The number of para-hydroxylation sites is 3. The third kappa shape index (κ3) is 6.66. The van der Waals surface area contributed by atoms with Crippen molar-refractivity contribution in [2.45, 2.75) is 25.7 Å². The quantitative estimate of drug-likeness (QED) is 0.172. The van der Waals surface area contributed by atoms with E-state index < -0.39 is 0 Å². The first-order chi connectivity index (χ1) is 29.3. The number of hydrogen-bond acceptors (Lipinski definition) is 6. The molecule has 0 fully saturated rings. The minimum Gasteiger partial charge on any atom is -0.507 e. The van der Waals surface area contributed by atoms with Crippen LogP contribution in [0.4, 0.5) is 0 Å². The molecule has 0 saturated heterocycles. The summed E-state index contributed by atoms with van der Waals surface area (Å²) in [5.74, 6) is 0.852. The maximum atomic E-state index is 10.6. The van der Waals surface area contributed by atoms with Crippen molar-refractivity contribution in [1.82, 2.24) is 9.97 Å². The first-order valence-corrected chi connectivity index (χ1v) is 20.9. The summed E-state index contributed by atoms with van der Waals surface area (Å²) in [6.07, 6.45) is 0.954. The monoisotopic (exact) mass is 858 g/mol. The van der Waals surface area contributed by atoms with E-state index in [1.165, 1.54) is 44.5 Å². The van der Waals surface area contributed by atoms with Gasteiger partial charge in [-0.1, -0.05) is 129 Å². The Labute approximate surface area is 370 Å². The number of aromatic nitrogens is 2. The summed E-state index contributed by atoms with van der Waals surface area (Å²) in [6.45, 7) is 4.59. The van der Waals surface area contributed by atoms with Gasteiger partial charge in [0.15, 0.2) is 5.58 Å². The van der Waals surface area contributed by atoms with Gasteiger partial charge in [-0.15, -0.1) is 11.3 Å². The van der Waals surface area contributed by atoms with E-state index in [9.17, 15) is 10.2 Å². The summed E-state index contributed by atoms with van der Waals surface area (Å²) in [4.78, 5) is 9.28. The molecular weight excluding hydrogens is 822 g/mol. The molecule has 0 atom stereocenters. The number of fused-ring (bicyclic) bond motifs is 8. The number of benzene rings is 8. The van der Waals surface area contributed by atoms with Crippen LogP contribution in [-0.4, -0.2) is 20.2 Å². The van der Waals surface area contributed by atoms with Crippen LogP contribution in [0.5, 0.6) is 11.5 Å². The second-order valence-corrected chi connectivity index (χ2v) is 17.1. The largest absolute Gasteiger partial charge is 0.507 e. The Hall–Kier alpha value is -6.66. The average molecular weight is 860 g/mol. The Morgan fingerprint density at radius 2 is 1.07 bits per heavy atom. The van der Waals surface area contributed by atoms with Crippen molar-refractivity contribution >= 4 is 32.7 Å². The van der Waals surface area contributed by atoms with Crippen LogP contribution in [0, 0.1) is 0 Å². The maximum Gasteiger partial charge on any atom is 0.231 e. The van der Waals surface area contributed by atoms with Crippen LogP contribution < -0.4 is 0 Å².